The Balaban J connectivity index is 1.33. The molecule has 0 aromatic heterocycles. The van der Waals surface area contributed by atoms with Crippen molar-refractivity contribution in [3.8, 4) is 5.75 Å². The number of nitrogens with zero attached hydrogens (tertiary/aromatic N) is 1. The average Bonchev–Trinajstić information content (AvgIpc) is 3.82. The lowest BCUT2D eigenvalue weighted by Crippen LogP contribution is -2.40. The molecule has 10 heteroatoms. The molecule has 1 saturated carbocycles. The van der Waals surface area contributed by atoms with E-state index < -0.39 is 23.6 Å². The molecular weight excluding hydrogens is 562 g/mol. The fraction of sp³-hybridized carbons (Fsp3) is 0.382. The van der Waals surface area contributed by atoms with Crippen LogP contribution in [0.2, 0.25) is 0 Å². The number of rotatable bonds is 7. The lowest BCUT2D eigenvalue weighted by Gasteiger charge is -2.43. The summed E-state index contributed by atoms with van der Waals surface area (Å²) >= 11 is 0. The molecule has 1 fully saturated rings. The van der Waals surface area contributed by atoms with E-state index >= 15 is 0 Å². The van der Waals surface area contributed by atoms with Gasteiger partial charge in [0.1, 0.15) is 17.3 Å². The number of anilines is 1. The molecule has 0 heterocycles. The number of hydrogen-bond donors (Lipinski definition) is 5. The van der Waals surface area contributed by atoms with E-state index in [0.29, 0.717) is 36.1 Å². The van der Waals surface area contributed by atoms with Crippen molar-refractivity contribution in [3.05, 3.63) is 92.0 Å². The van der Waals surface area contributed by atoms with Gasteiger partial charge in [0.05, 0.1) is 23.8 Å². The van der Waals surface area contributed by atoms with Crippen LogP contribution in [-0.4, -0.2) is 54.2 Å². The number of allylic oxidation sites excluding steroid dienone is 4. The topological polar surface area (TPSA) is 162 Å². The summed E-state index contributed by atoms with van der Waals surface area (Å²) in [7, 11) is 5.11. The number of primary amides is 1. The molecule has 0 bridgehead atoms. The molecule has 2 aromatic carbocycles. The quantitative estimate of drug-likeness (QED) is 0.295. The second-order valence-corrected chi connectivity index (χ2v) is 12.4. The molecule has 0 saturated heterocycles. The van der Waals surface area contributed by atoms with Crippen molar-refractivity contribution < 1.29 is 34.4 Å². The van der Waals surface area contributed by atoms with Gasteiger partial charge in [0.25, 0.3) is 5.91 Å². The number of carbonyl (C=O) groups excluding carboxylic acids is 3. The standard InChI is InChI=1S/C34H37N3O7/c1-37(2)23-12-21(15-36-14-16-4-6-18(7-5-16)34(43)44-3)30(39)28-22(23)11-19-10-20-13-24(38)29(33(35)42)25(17-8-9-17)26(20)31(40)27(19)32(28)41/h4-7,12,19-20,26,36,38-40H,8-11,13-15H2,1-3H3,(H2,35,42). The number of nitrogens with one attached hydrogen (secondary N) is 1. The van der Waals surface area contributed by atoms with Crippen LogP contribution < -0.4 is 16.0 Å². The van der Waals surface area contributed by atoms with E-state index in [1.165, 1.54) is 7.11 Å². The fourth-order valence-electron chi connectivity index (χ4n) is 7.28. The highest BCUT2D eigenvalue weighted by atomic mass is 16.5. The number of esters is 1. The first-order valence-electron chi connectivity index (χ1n) is 14.9. The van der Waals surface area contributed by atoms with E-state index in [1.54, 1.807) is 12.1 Å². The summed E-state index contributed by atoms with van der Waals surface area (Å²) in [4.78, 5) is 40.2. The third kappa shape index (κ3) is 4.93. The van der Waals surface area contributed by atoms with Gasteiger partial charge in [-0.05, 0) is 72.4 Å². The van der Waals surface area contributed by atoms with Crippen molar-refractivity contribution in [3.63, 3.8) is 0 Å². The van der Waals surface area contributed by atoms with E-state index in [4.69, 9.17) is 10.5 Å². The minimum atomic E-state index is -0.736. The third-order valence-electron chi connectivity index (χ3n) is 9.38. The van der Waals surface area contributed by atoms with Crippen molar-refractivity contribution in [1.29, 1.82) is 0 Å². The molecule has 0 spiro atoms. The number of Topliss-reactive ketones (excluding diaryl/α,β-unsaturated/α-hetero) is 1. The first kappa shape index (κ1) is 29.5. The molecule has 230 valence electrons. The predicted octanol–water partition coefficient (Wildman–Crippen LogP) is 4.13. The van der Waals surface area contributed by atoms with Gasteiger partial charge in [-0.15, -0.1) is 0 Å². The van der Waals surface area contributed by atoms with E-state index in [-0.39, 0.29) is 58.8 Å². The number of carbonyl (C=O) groups is 3. The normalized spacial score (nSPS) is 22.3. The lowest BCUT2D eigenvalue weighted by molar-refractivity contribution is -0.114. The molecule has 4 aliphatic carbocycles. The molecule has 3 atom stereocenters. The summed E-state index contributed by atoms with van der Waals surface area (Å²) in [5.41, 5.74) is 11.2. The summed E-state index contributed by atoms with van der Waals surface area (Å²) in [5.74, 6) is -2.85. The molecular formula is C34H37N3O7. The van der Waals surface area contributed by atoms with Crippen molar-refractivity contribution >= 4 is 23.3 Å². The Morgan fingerprint density at radius 3 is 2.36 bits per heavy atom. The Hall–Kier alpha value is -4.57. The Kier molecular flexibility index (Phi) is 7.49. The Morgan fingerprint density at radius 2 is 1.75 bits per heavy atom. The van der Waals surface area contributed by atoms with E-state index in [2.05, 4.69) is 5.32 Å². The number of aliphatic hydroxyl groups excluding tert-OH is 2. The van der Waals surface area contributed by atoms with Gasteiger partial charge in [-0.3, -0.25) is 9.59 Å². The summed E-state index contributed by atoms with van der Waals surface area (Å²) in [6.45, 7) is 0.730. The summed E-state index contributed by atoms with van der Waals surface area (Å²) in [6, 6.07) is 8.91. The SMILES string of the molecule is COC(=O)c1ccc(CNCc2cc(N(C)C)c3c(c2O)C(=O)C2=C(O)C4C(=C5CC5)C(C(N)=O)=C(O)CC4CC2C3)cc1. The number of ketones is 1. The highest BCUT2D eigenvalue weighted by Gasteiger charge is 2.50. The number of benzene rings is 2. The molecule has 44 heavy (non-hydrogen) atoms. The Bertz CT molecular complexity index is 1680. The molecule has 0 radical (unpaired) electrons. The van der Waals surface area contributed by atoms with Gasteiger partial charge in [0, 0.05) is 56.3 Å². The number of amides is 1. The largest absolute Gasteiger partial charge is 0.511 e. The first-order valence-corrected chi connectivity index (χ1v) is 14.9. The number of fused-ring (bicyclic) bond motifs is 3. The van der Waals surface area contributed by atoms with Crippen LogP contribution in [0.3, 0.4) is 0 Å². The Morgan fingerprint density at radius 1 is 1.05 bits per heavy atom. The number of ether oxygens (including phenoxy) is 1. The zero-order chi connectivity index (χ0) is 31.4. The number of phenols is 1. The van der Waals surface area contributed by atoms with Crippen molar-refractivity contribution in [2.24, 2.45) is 23.5 Å². The molecule has 6 rings (SSSR count). The molecule has 2 aromatic rings. The zero-order valence-corrected chi connectivity index (χ0v) is 25.1. The Labute approximate surface area is 255 Å². The van der Waals surface area contributed by atoms with Crippen LogP contribution in [0.4, 0.5) is 5.69 Å². The van der Waals surface area contributed by atoms with Gasteiger partial charge >= 0.3 is 5.97 Å². The van der Waals surface area contributed by atoms with Crippen molar-refractivity contribution in [2.45, 2.75) is 45.2 Å². The van der Waals surface area contributed by atoms with Gasteiger partial charge in [0.2, 0.25) is 0 Å². The third-order valence-corrected chi connectivity index (χ3v) is 9.38. The van der Waals surface area contributed by atoms with Crippen LogP contribution >= 0.6 is 0 Å². The molecule has 4 aliphatic rings. The maximum Gasteiger partial charge on any atom is 0.337 e. The van der Waals surface area contributed by atoms with Gasteiger partial charge in [-0.2, -0.15) is 0 Å². The molecule has 3 unspecified atom stereocenters. The predicted molar refractivity (Wildman–Crippen MR) is 163 cm³/mol. The van der Waals surface area contributed by atoms with Crippen LogP contribution in [0.15, 0.2) is 64.1 Å². The van der Waals surface area contributed by atoms with Crippen LogP contribution in [0.1, 0.15) is 63.1 Å². The van der Waals surface area contributed by atoms with Crippen LogP contribution in [0, 0.1) is 17.8 Å². The average molecular weight is 600 g/mol. The molecule has 0 aliphatic heterocycles. The second kappa shape index (κ2) is 11.2. The highest BCUT2D eigenvalue weighted by molar-refractivity contribution is 6.14. The number of aromatic hydroxyl groups is 1. The molecule has 6 N–H and O–H groups in total. The minimum Gasteiger partial charge on any atom is -0.511 e. The number of methoxy groups -OCH3 is 1. The van der Waals surface area contributed by atoms with E-state index in [9.17, 15) is 29.7 Å². The van der Waals surface area contributed by atoms with E-state index in [0.717, 1.165) is 35.2 Å². The van der Waals surface area contributed by atoms with Gasteiger partial charge in [0.15, 0.2) is 5.78 Å². The number of phenolic OH excluding ortho intramolecular Hbond substituents is 1. The summed E-state index contributed by atoms with van der Waals surface area (Å²) < 4.78 is 4.75. The van der Waals surface area contributed by atoms with Crippen LogP contribution in [0.5, 0.6) is 5.75 Å². The van der Waals surface area contributed by atoms with Gasteiger partial charge in [-0.25, -0.2) is 4.79 Å². The maximum atomic E-state index is 14.2. The highest BCUT2D eigenvalue weighted by Crippen LogP contribution is 2.55. The first-order chi connectivity index (χ1) is 21.0. The number of aliphatic hydroxyl groups is 2. The van der Waals surface area contributed by atoms with Crippen molar-refractivity contribution in [2.75, 3.05) is 26.1 Å². The number of hydrogen-bond acceptors (Lipinski definition) is 9. The minimum absolute atomic E-state index is 0.0462. The zero-order valence-electron chi connectivity index (χ0n) is 25.1. The van der Waals surface area contributed by atoms with E-state index in [1.807, 2.05) is 37.2 Å². The fourth-order valence-corrected chi connectivity index (χ4v) is 7.28. The number of nitrogens with two attached hydrogens (primary N) is 1. The summed E-state index contributed by atoms with van der Waals surface area (Å²) in [6.07, 6.45) is 2.71. The van der Waals surface area contributed by atoms with Gasteiger partial charge in [-0.1, -0.05) is 17.7 Å². The molecule has 10 nitrogen and oxygen atoms in total. The lowest BCUT2D eigenvalue weighted by atomic mass is 9.61. The second-order valence-electron chi connectivity index (χ2n) is 12.4. The van der Waals surface area contributed by atoms with Gasteiger partial charge < -0.3 is 36.0 Å². The molecule has 1 amide bonds. The van der Waals surface area contributed by atoms with Crippen molar-refractivity contribution in [1.82, 2.24) is 5.32 Å². The maximum absolute atomic E-state index is 14.2. The van der Waals surface area contributed by atoms with Crippen LogP contribution in [-0.2, 0) is 29.0 Å². The smallest absolute Gasteiger partial charge is 0.337 e. The monoisotopic (exact) mass is 599 g/mol. The summed E-state index contributed by atoms with van der Waals surface area (Å²) in [5, 5.41) is 37.4. The van der Waals surface area contributed by atoms with Crippen LogP contribution in [0.25, 0.3) is 0 Å².